The summed E-state index contributed by atoms with van der Waals surface area (Å²) in [5.41, 5.74) is 1.02. The molecule has 1 aromatic carbocycles. The lowest BCUT2D eigenvalue weighted by atomic mass is 10.0. The molecule has 0 bridgehead atoms. The van der Waals surface area contributed by atoms with Crippen molar-refractivity contribution >= 4 is 5.78 Å². The molecular formula is C14H20O2. The first-order valence-electron chi connectivity index (χ1n) is 5.77. The lowest BCUT2D eigenvalue weighted by Crippen LogP contribution is -2.10. The molecule has 0 radical (unpaired) electrons. The van der Waals surface area contributed by atoms with Crippen LogP contribution in [0.25, 0.3) is 0 Å². The van der Waals surface area contributed by atoms with Crippen LogP contribution in [0.3, 0.4) is 0 Å². The molecule has 0 spiro atoms. The second-order valence-electron chi connectivity index (χ2n) is 4.61. The van der Waals surface area contributed by atoms with Crippen molar-refractivity contribution in [3.8, 4) is 5.75 Å². The zero-order chi connectivity index (χ0) is 12.1. The van der Waals surface area contributed by atoms with E-state index in [1.165, 1.54) is 0 Å². The van der Waals surface area contributed by atoms with Crippen molar-refractivity contribution in [1.29, 1.82) is 0 Å². The Labute approximate surface area is 97.6 Å². The smallest absolute Gasteiger partial charge is 0.139 e. The van der Waals surface area contributed by atoms with Gasteiger partial charge in [-0.05, 0) is 31.5 Å². The molecule has 0 aromatic heterocycles. The summed E-state index contributed by atoms with van der Waals surface area (Å²) in [6.45, 7) is 7.84. The molecule has 1 aromatic rings. The first kappa shape index (κ1) is 12.8. The SMILES string of the molecule is CC(C)Oc1cccc(CC(=O)C(C)C)c1. The minimum atomic E-state index is 0.0923. The van der Waals surface area contributed by atoms with Gasteiger partial charge < -0.3 is 4.74 Å². The van der Waals surface area contributed by atoms with Gasteiger partial charge >= 0.3 is 0 Å². The summed E-state index contributed by atoms with van der Waals surface area (Å²) >= 11 is 0. The van der Waals surface area contributed by atoms with Gasteiger partial charge in [0.05, 0.1) is 6.10 Å². The van der Waals surface area contributed by atoms with Crippen molar-refractivity contribution < 1.29 is 9.53 Å². The van der Waals surface area contributed by atoms with Crippen LogP contribution in [-0.2, 0) is 11.2 Å². The van der Waals surface area contributed by atoms with Crippen LogP contribution >= 0.6 is 0 Å². The van der Waals surface area contributed by atoms with E-state index < -0.39 is 0 Å². The van der Waals surface area contributed by atoms with E-state index in [0.717, 1.165) is 11.3 Å². The Morgan fingerprint density at radius 1 is 1.25 bits per heavy atom. The molecule has 0 atom stereocenters. The highest BCUT2D eigenvalue weighted by molar-refractivity contribution is 5.82. The number of carbonyl (C=O) groups is 1. The van der Waals surface area contributed by atoms with E-state index in [1.807, 2.05) is 52.0 Å². The Morgan fingerprint density at radius 2 is 1.94 bits per heavy atom. The molecular weight excluding hydrogens is 200 g/mol. The fourth-order valence-electron chi connectivity index (χ4n) is 1.41. The molecule has 0 aliphatic rings. The van der Waals surface area contributed by atoms with Crippen LogP contribution < -0.4 is 4.74 Å². The van der Waals surface area contributed by atoms with E-state index in [-0.39, 0.29) is 17.8 Å². The van der Waals surface area contributed by atoms with Crippen LogP contribution in [0.2, 0.25) is 0 Å². The van der Waals surface area contributed by atoms with Gasteiger partial charge in [-0.1, -0.05) is 26.0 Å². The van der Waals surface area contributed by atoms with Crippen LogP contribution in [0, 0.1) is 5.92 Å². The summed E-state index contributed by atoms with van der Waals surface area (Å²) in [7, 11) is 0. The van der Waals surface area contributed by atoms with Crippen LogP contribution in [-0.4, -0.2) is 11.9 Å². The number of hydrogen-bond acceptors (Lipinski definition) is 2. The van der Waals surface area contributed by atoms with Crippen molar-refractivity contribution in [3.05, 3.63) is 29.8 Å². The summed E-state index contributed by atoms with van der Waals surface area (Å²) in [5.74, 6) is 1.19. The third kappa shape index (κ3) is 4.05. The van der Waals surface area contributed by atoms with Crippen molar-refractivity contribution in [2.24, 2.45) is 5.92 Å². The highest BCUT2D eigenvalue weighted by atomic mass is 16.5. The van der Waals surface area contributed by atoms with E-state index in [2.05, 4.69) is 0 Å². The standard InChI is InChI=1S/C14H20O2/c1-10(2)14(15)9-12-6-5-7-13(8-12)16-11(3)4/h5-8,10-11H,9H2,1-4H3. The fraction of sp³-hybridized carbons (Fsp3) is 0.500. The quantitative estimate of drug-likeness (QED) is 0.761. The van der Waals surface area contributed by atoms with Gasteiger partial charge in [0.15, 0.2) is 0 Å². The lowest BCUT2D eigenvalue weighted by Gasteiger charge is -2.11. The second kappa shape index (κ2) is 5.69. The molecule has 0 saturated carbocycles. The number of carbonyl (C=O) groups excluding carboxylic acids is 1. The normalized spacial score (nSPS) is 10.9. The Morgan fingerprint density at radius 3 is 2.50 bits per heavy atom. The molecule has 0 aliphatic carbocycles. The lowest BCUT2D eigenvalue weighted by molar-refractivity contribution is -0.121. The minimum absolute atomic E-state index is 0.0923. The molecule has 2 nitrogen and oxygen atoms in total. The van der Waals surface area contributed by atoms with Gasteiger partial charge in [-0.15, -0.1) is 0 Å². The van der Waals surface area contributed by atoms with Crippen molar-refractivity contribution in [2.45, 2.75) is 40.2 Å². The second-order valence-corrected chi connectivity index (χ2v) is 4.61. The maximum atomic E-state index is 11.6. The average molecular weight is 220 g/mol. The van der Waals surface area contributed by atoms with Gasteiger partial charge in [0.1, 0.15) is 11.5 Å². The van der Waals surface area contributed by atoms with Gasteiger partial charge in [-0.25, -0.2) is 0 Å². The largest absolute Gasteiger partial charge is 0.491 e. The van der Waals surface area contributed by atoms with E-state index in [1.54, 1.807) is 0 Å². The summed E-state index contributed by atoms with van der Waals surface area (Å²) in [6.07, 6.45) is 0.656. The third-order valence-electron chi connectivity index (χ3n) is 2.29. The minimum Gasteiger partial charge on any atom is -0.491 e. The van der Waals surface area contributed by atoms with Crippen LogP contribution in [0.4, 0.5) is 0 Å². The average Bonchev–Trinajstić information content (AvgIpc) is 2.16. The van der Waals surface area contributed by atoms with Gasteiger partial charge in [0.25, 0.3) is 0 Å². The first-order chi connectivity index (χ1) is 7.49. The highest BCUT2D eigenvalue weighted by Crippen LogP contribution is 2.16. The zero-order valence-electron chi connectivity index (χ0n) is 10.5. The Hall–Kier alpha value is -1.31. The van der Waals surface area contributed by atoms with Crippen molar-refractivity contribution in [1.82, 2.24) is 0 Å². The first-order valence-corrected chi connectivity index (χ1v) is 5.77. The molecule has 16 heavy (non-hydrogen) atoms. The molecule has 0 heterocycles. The highest BCUT2D eigenvalue weighted by Gasteiger charge is 2.08. The van der Waals surface area contributed by atoms with Gasteiger partial charge in [0.2, 0.25) is 0 Å². The maximum absolute atomic E-state index is 11.6. The zero-order valence-corrected chi connectivity index (χ0v) is 10.5. The molecule has 0 amide bonds. The number of hydrogen-bond donors (Lipinski definition) is 0. The van der Waals surface area contributed by atoms with Crippen LogP contribution in [0.5, 0.6) is 5.75 Å². The van der Waals surface area contributed by atoms with Crippen molar-refractivity contribution in [3.63, 3.8) is 0 Å². The Balaban J connectivity index is 2.71. The molecule has 88 valence electrons. The molecule has 0 N–H and O–H groups in total. The number of Topliss-reactive ketones (excluding diaryl/α,β-unsaturated/α-hetero) is 1. The van der Waals surface area contributed by atoms with E-state index in [9.17, 15) is 4.79 Å². The number of rotatable bonds is 5. The van der Waals surface area contributed by atoms with Gasteiger partial charge in [-0.3, -0.25) is 4.79 Å². The predicted octanol–water partition coefficient (Wildman–Crippen LogP) is 3.24. The predicted molar refractivity (Wildman–Crippen MR) is 65.8 cm³/mol. The number of benzene rings is 1. The molecule has 0 aliphatic heterocycles. The van der Waals surface area contributed by atoms with Gasteiger partial charge in [0, 0.05) is 12.3 Å². The van der Waals surface area contributed by atoms with E-state index >= 15 is 0 Å². The molecule has 0 saturated heterocycles. The molecule has 1 rings (SSSR count). The third-order valence-corrected chi connectivity index (χ3v) is 2.29. The Kier molecular flexibility index (Phi) is 4.53. The van der Waals surface area contributed by atoms with E-state index in [0.29, 0.717) is 6.42 Å². The summed E-state index contributed by atoms with van der Waals surface area (Å²) in [5, 5.41) is 0. The summed E-state index contributed by atoms with van der Waals surface area (Å²) < 4.78 is 5.59. The summed E-state index contributed by atoms with van der Waals surface area (Å²) in [6, 6.07) is 7.76. The maximum Gasteiger partial charge on any atom is 0.139 e. The van der Waals surface area contributed by atoms with E-state index in [4.69, 9.17) is 4.74 Å². The molecule has 0 unspecified atom stereocenters. The number of ketones is 1. The summed E-state index contributed by atoms with van der Waals surface area (Å²) in [4.78, 5) is 11.6. The monoisotopic (exact) mass is 220 g/mol. The fourth-order valence-corrected chi connectivity index (χ4v) is 1.41. The Bertz CT molecular complexity index is 354. The van der Waals surface area contributed by atoms with Crippen molar-refractivity contribution in [2.75, 3.05) is 0 Å². The molecule has 0 fully saturated rings. The van der Waals surface area contributed by atoms with Crippen LogP contribution in [0.1, 0.15) is 33.3 Å². The number of ether oxygens (including phenoxy) is 1. The topological polar surface area (TPSA) is 26.3 Å². The molecule has 2 heteroatoms. The van der Waals surface area contributed by atoms with Gasteiger partial charge in [-0.2, -0.15) is 0 Å². The van der Waals surface area contributed by atoms with Crippen LogP contribution in [0.15, 0.2) is 24.3 Å².